The summed E-state index contributed by atoms with van der Waals surface area (Å²) in [5.41, 5.74) is 1.26. The Labute approximate surface area is 179 Å². The molecule has 1 N–H and O–H groups in total. The maximum Gasteiger partial charge on any atom is 0.250 e. The second-order valence-corrected chi connectivity index (χ2v) is 8.35. The van der Waals surface area contributed by atoms with E-state index < -0.39 is 5.25 Å². The van der Waals surface area contributed by atoms with E-state index in [0.29, 0.717) is 30.2 Å². The quantitative estimate of drug-likeness (QED) is 0.746. The van der Waals surface area contributed by atoms with Crippen LogP contribution in [0.25, 0.3) is 0 Å². The third-order valence-electron chi connectivity index (χ3n) is 5.21. The van der Waals surface area contributed by atoms with E-state index in [1.807, 2.05) is 18.2 Å². The maximum atomic E-state index is 13.2. The van der Waals surface area contributed by atoms with E-state index in [0.717, 1.165) is 17.7 Å². The van der Waals surface area contributed by atoms with E-state index in [2.05, 4.69) is 5.32 Å². The standard InChI is InChI=1S/C22H23N3O4S/c1-29-16-10-8-15(9-11-16)23-19(26)14-25-17-6-2-3-7-18(17)30-20(22(25)28)21(27)24-12-4-5-13-24/h2-3,6-11,20H,4-5,12-14H2,1H3,(H,23,26). The van der Waals surface area contributed by atoms with Gasteiger partial charge in [-0.15, -0.1) is 11.8 Å². The number of nitrogens with zero attached hydrogens (tertiary/aromatic N) is 2. The van der Waals surface area contributed by atoms with E-state index in [1.165, 1.54) is 16.7 Å². The smallest absolute Gasteiger partial charge is 0.250 e. The van der Waals surface area contributed by atoms with Crippen molar-refractivity contribution in [3.63, 3.8) is 0 Å². The Balaban J connectivity index is 1.53. The highest BCUT2D eigenvalue weighted by molar-refractivity contribution is 8.01. The predicted octanol–water partition coefficient (Wildman–Crippen LogP) is 2.76. The van der Waals surface area contributed by atoms with Gasteiger partial charge in [-0.2, -0.15) is 0 Å². The van der Waals surface area contributed by atoms with Gasteiger partial charge in [-0.25, -0.2) is 0 Å². The Morgan fingerprint density at radius 3 is 2.50 bits per heavy atom. The molecule has 0 radical (unpaired) electrons. The summed E-state index contributed by atoms with van der Waals surface area (Å²) in [7, 11) is 1.57. The van der Waals surface area contributed by atoms with Gasteiger partial charge in [0.25, 0.3) is 5.91 Å². The number of ether oxygens (including phenoxy) is 1. The average molecular weight is 426 g/mol. The molecule has 3 amide bonds. The Morgan fingerprint density at radius 1 is 1.10 bits per heavy atom. The van der Waals surface area contributed by atoms with Crippen molar-refractivity contribution in [2.75, 3.05) is 37.0 Å². The number of rotatable bonds is 5. The Kier molecular flexibility index (Phi) is 5.94. The lowest BCUT2D eigenvalue weighted by atomic mass is 10.2. The molecule has 1 unspecified atom stereocenters. The summed E-state index contributed by atoms with van der Waals surface area (Å²) in [6, 6.07) is 14.3. The van der Waals surface area contributed by atoms with Gasteiger partial charge in [0.15, 0.2) is 5.25 Å². The van der Waals surface area contributed by atoms with E-state index in [9.17, 15) is 14.4 Å². The summed E-state index contributed by atoms with van der Waals surface area (Å²) >= 11 is 1.27. The fraction of sp³-hybridized carbons (Fsp3) is 0.318. The highest BCUT2D eigenvalue weighted by Crippen LogP contribution is 2.40. The second kappa shape index (κ2) is 8.79. The molecule has 2 aliphatic rings. The van der Waals surface area contributed by atoms with E-state index >= 15 is 0 Å². The van der Waals surface area contributed by atoms with Crippen LogP contribution in [0.15, 0.2) is 53.4 Å². The molecular weight excluding hydrogens is 402 g/mol. The number of hydrogen-bond donors (Lipinski definition) is 1. The minimum Gasteiger partial charge on any atom is -0.497 e. The Morgan fingerprint density at radius 2 is 1.80 bits per heavy atom. The number of nitrogens with one attached hydrogen (secondary N) is 1. The van der Waals surface area contributed by atoms with Gasteiger partial charge in [-0.3, -0.25) is 14.4 Å². The van der Waals surface area contributed by atoms with Crippen molar-refractivity contribution in [3.05, 3.63) is 48.5 Å². The summed E-state index contributed by atoms with van der Waals surface area (Å²) in [5, 5.41) is 1.95. The van der Waals surface area contributed by atoms with Crippen LogP contribution in [0.4, 0.5) is 11.4 Å². The lowest BCUT2D eigenvalue weighted by molar-refractivity contribution is -0.134. The molecule has 0 spiro atoms. The Bertz CT molecular complexity index is 957. The van der Waals surface area contributed by atoms with Crippen molar-refractivity contribution in [3.8, 4) is 5.75 Å². The van der Waals surface area contributed by atoms with Gasteiger partial charge in [0.2, 0.25) is 11.8 Å². The van der Waals surface area contributed by atoms with Crippen LogP contribution in [0.5, 0.6) is 5.75 Å². The van der Waals surface area contributed by atoms with Crippen LogP contribution in [0.1, 0.15) is 12.8 Å². The molecule has 8 heteroatoms. The zero-order valence-corrected chi connectivity index (χ0v) is 17.5. The zero-order chi connectivity index (χ0) is 21.1. The fourth-order valence-corrected chi connectivity index (χ4v) is 4.85. The van der Waals surface area contributed by atoms with Crippen molar-refractivity contribution in [1.29, 1.82) is 0 Å². The topological polar surface area (TPSA) is 79.0 Å². The van der Waals surface area contributed by atoms with Crippen LogP contribution < -0.4 is 15.0 Å². The van der Waals surface area contributed by atoms with Crippen LogP contribution in [-0.4, -0.2) is 54.6 Å². The van der Waals surface area contributed by atoms with Gasteiger partial charge in [0.1, 0.15) is 12.3 Å². The minimum atomic E-state index is -0.855. The first-order chi connectivity index (χ1) is 14.6. The molecule has 0 bridgehead atoms. The molecule has 156 valence electrons. The molecule has 7 nitrogen and oxygen atoms in total. The van der Waals surface area contributed by atoms with E-state index in [4.69, 9.17) is 4.74 Å². The summed E-state index contributed by atoms with van der Waals surface area (Å²) in [4.78, 5) is 42.8. The van der Waals surface area contributed by atoms with Gasteiger partial charge in [-0.05, 0) is 49.2 Å². The molecule has 0 aromatic heterocycles. The lowest BCUT2D eigenvalue weighted by Crippen LogP contribution is -2.51. The van der Waals surface area contributed by atoms with E-state index in [1.54, 1.807) is 42.3 Å². The number of likely N-dealkylation sites (tertiary alicyclic amines) is 1. The molecule has 2 aliphatic heterocycles. The average Bonchev–Trinajstić information content (AvgIpc) is 3.30. The first kappa shape index (κ1) is 20.3. The summed E-state index contributed by atoms with van der Waals surface area (Å²) < 4.78 is 5.12. The number of amides is 3. The number of carbonyl (C=O) groups is 3. The van der Waals surface area contributed by atoms with Crippen LogP contribution in [0.2, 0.25) is 0 Å². The molecule has 0 aliphatic carbocycles. The summed E-state index contributed by atoms with van der Waals surface area (Å²) in [5.74, 6) is -0.158. The normalized spacial score (nSPS) is 18.2. The zero-order valence-electron chi connectivity index (χ0n) is 16.7. The maximum absolute atomic E-state index is 13.2. The number of benzene rings is 2. The first-order valence-electron chi connectivity index (χ1n) is 9.86. The molecule has 2 heterocycles. The number of para-hydroxylation sites is 1. The van der Waals surface area contributed by atoms with E-state index in [-0.39, 0.29) is 24.3 Å². The number of thioether (sulfide) groups is 1. The van der Waals surface area contributed by atoms with Gasteiger partial charge < -0.3 is 19.9 Å². The summed E-state index contributed by atoms with van der Waals surface area (Å²) in [6.45, 7) is 1.21. The molecule has 0 saturated carbocycles. The highest BCUT2D eigenvalue weighted by Gasteiger charge is 2.41. The number of methoxy groups -OCH3 is 1. The van der Waals surface area contributed by atoms with Crippen LogP contribution in [0.3, 0.4) is 0 Å². The largest absolute Gasteiger partial charge is 0.497 e. The van der Waals surface area contributed by atoms with Crippen LogP contribution >= 0.6 is 11.8 Å². The SMILES string of the molecule is COc1ccc(NC(=O)CN2C(=O)C(C(=O)N3CCCC3)Sc3ccccc32)cc1. The molecule has 30 heavy (non-hydrogen) atoms. The molecule has 2 aromatic rings. The molecular formula is C22H23N3O4S. The third kappa shape index (κ3) is 4.14. The second-order valence-electron chi connectivity index (χ2n) is 7.20. The van der Waals surface area contributed by atoms with Gasteiger partial charge in [0, 0.05) is 23.7 Å². The monoisotopic (exact) mass is 425 g/mol. The van der Waals surface area contributed by atoms with Crippen molar-refractivity contribution >= 4 is 40.9 Å². The van der Waals surface area contributed by atoms with Crippen LogP contribution in [0, 0.1) is 0 Å². The third-order valence-corrected chi connectivity index (χ3v) is 6.45. The molecule has 2 aromatic carbocycles. The number of carbonyl (C=O) groups excluding carboxylic acids is 3. The Hall–Kier alpha value is -3.00. The fourth-order valence-electron chi connectivity index (χ4n) is 3.66. The summed E-state index contributed by atoms with van der Waals surface area (Å²) in [6.07, 6.45) is 1.92. The number of hydrogen-bond acceptors (Lipinski definition) is 5. The van der Waals surface area contributed by atoms with Crippen molar-refractivity contribution in [2.45, 2.75) is 23.0 Å². The molecule has 4 rings (SSSR count). The molecule has 1 atom stereocenters. The lowest BCUT2D eigenvalue weighted by Gasteiger charge is -2.34. The van der Waals surface area contributed by atoms with Crippen LogP contribution in [-0.2, 0) is 14.4 Å². The first-order valence-corrected chi connectivity index (χ1v) is 10.7. The van der Waals surface area contributed by atoms with Gasteiger partial charge in [0.05, 0.1) is 12.8 Å². The highest BCUT2D eigenvalue weighted by atomic mass is 32.2. The van der Waals surface area contributed by atoms with Crippen molar-refractivity contribution in [1.82, 2.24) is 4.90 Å². The minimum absolute atomic E-state index is 0.161. The van der Waals surface area contributed by atoms with Crippen molar-refractivity contribution in [2.24, 2.45) is 0 Å². The number of anilines is 2. The van der Waals surface area contributed by atoms with Gasteiger partial charge >= 0.3 is 0 Å². The van der Waals surface area contributed by atoms with Gasteiger partial charge in [-0.1, -0.05) is 12.1 Å². The predicted molar refractivity (Wildman–Crippen MR) is 116 cm³/mol. The molecule has 1 saturated heterocycles. The van der Waals surface area contributed by atoms with Crippen molar-refractivity contribution < 1.29 is 19.1 Å². The number of fused-ring (bicyclic) bond motifs is 1. The molecule has 1 fully saturated rings.